The Morgan fingerprint density at radius 1 is 0.973 bits per heavy atom. The van der Waals surface area contributed by atoms with E-state index in [1.165, 1.54) is 12.8 Å². The molecule has 2 fully saturated rings. The predicted molar refractivity (Wildman–Crippen MR) is 154 cm³/mol. The largest absolute Gasteiger partial charge is 0.370 e. The molecule has 2 saturated heterocycles. The standard InChI is InChI=1S/C29H29ClN6S/c1-20-11-16-34(17-12-20)25-10-9-21(18-23(25)30)36-28(27(33-29(36)37)24-7-2-3-14-32-24)26-8-5-15-35(26)22-6-4-13-31-19-22/h2-10,13-15,18-20,27-28H,11-12,16-17H2,1H3,(H,33,37). The molecular formula is C29H29ClN6S. The number of hydrogen-bond donors (Lipinski definition) is 1. The summed E-state index contributed by atoms with van der Waals surface area (Å²) in [5, 5.41) is 4.95. The van der Waals surface area contributed by atoms with Crippen molar-refractivity contribution in [2.45, 2.75) is 31.8 Å². The van der Waals surface area contributed by atoms with E-state index in [1.807, 2.05) is 42.7 Å². The van der Waals surface area contributed by atoms with Crippen LogP contribution in [-0.4, -0.2) is 32.7 Å². The van der Waals surface area contributed by atoms with Gasteiger partial charge in [0.1, 0.15) is 6.04 Å². The summed E-state index contributed by atoms with van der Waals surface area (Å²) in [7, 11) is 0. The molecule has 0 radical (unpaired) electrons. The molecule has 0 bridgehead atoms. The van der Waals surface area contributed by atoms with E-state index in [4.69, 9.17) is 23.8 Å². The van der Waals surface area contributed by atoms with E-state index in [2.05, 4.69) is 73.1 Å². The first kappa shape index (κ1) is 23.9. The number of nitrogens with zero attached hydrogens (tertiary/aromatic N) is 5. The van der Waals surface area contributed by atoms with Crippen LogP contribution in [-0.2, 0) is 0 Å². The second-order valence-electron chi connectivity index (χ2n) is 9.82. The number of pyridine rings is 2. The Kier molecular flexibility index (Phi) is 6.57. The molecule has 2 unspecified atom stereocenters. The number of anilines is 2. The zero-order chi connectivity index (χ0) is 25.4. The average molecular weight is 529 g/mol. The first-order chi connectivity index (χ1) is 18.1. The Morgan fingerprint density at radius 2 is 1.84 bits per heavy atom. The van der Waals surface area contributed by atoms with Crippen molar-refractivity contribution in [1.82, 2.24) is 19.9 Å². The molecule has 6 rings (SSSR count). The van der Waals surface area contributed by atoms with Gasteiger partial charge in [0.05, 0.1) is 34.3 Å². The van der Waals surface area contributed by atoms with Gasteiger partial charge < -0.3 is 19.7 Å². The number of piperidine rings is 1. The maximum absolute atomic E-state index is 6.92. The number of halogens is 1. The van der Waals surface area contributed by atoms with Crippen molar-refractivity contribution >= 4 is 40.3 Å². The van der Waals surface area contributed by atoms with Crippen molar-refractivity contribution in [3.8, 4) is 5.69 Å². The summed E-state index contributed by atoms with van der Waals surface area (Å²) in [4.78, 5) is 13.6. The molecule has 8 heteroatoms. The summed E-state index contributed by atoms with van der Waals surface area (Å²) in [5.74, 6) is 0.766. The number of nitrogens with one attached hydrogen (secondary N) is 1. The van der Waals surface area contributed by atoms with Crippen molar-refractivity contribution in [1.29, 1.82) is 0 Å². The van der Waals surface area contributed by atoms with Crippen molar-refractivity contribution in [3.05, 3.63) is 102 Å². The average Bonchev–Trinajstić information content (AvgIpc) is 3.54. The summed E-state index contributed by atoms with van der Waals surface area (Å²) in [5.41, 5.74) is 5.06. The molecule has 2 aliphatic heterocycles. The first-order valence-corrected chi connectivity index (χ1v) is 13.5. The van der Waals surface area contributed by atoms with Gasteiger partial charge in [-0.2, -0.15) is 0 Å². The monoisotopic (exact) mass is 528 g/mol. The Labute approximate surface area is 227 Å². The van der Waals surface area contributed by atoms with Crippen LogP contribution in [0.2, 0.25) is 5.02 Å². The molecule has 2 aliphatic rings. The van der Waals surface area contributed by atoms with Gasteiger partial charge in [-0.15, -0.1) is 0 Å². The fourth-order valence-electron chi connectivity index (χ4n) is 5.45. The van der Waals surface area contributed by atoms with Crippen molar-refractivity contribution < 1.29 is 0 Å². The number of benzene rings is 1. The minimum atomic E-state index is -0.143. The summed E-state index contributed by atoms with van der Waals surface area (Å²) >= 11 is 12.9. The lowest BCUT2D eigenvalue weighted by molar-refractivity contribution is 0.438. The molecule has 1 aromatic carbocycles. The van der Waals surface area contributed by atoms with Crippen LogP contribution in [0.3, 0.4) is 0 Å². The highest BCUT2D eigenvalue weighted by Crippen LogP contribution is 2.44. The molecule has 188 valence electrons. The summed E-state index contributed by atoms with van der Waals surface area (Å²) < 4.78 is 2.17. The van der Waals surface area contributed by atoms with Crippen LogP contribution in [0.15, 0.2) is 85.5 Å². The fraction of sp³-hybridized carbons (Fsp3) is 0.276. The zero-order valence-corrected chi connectivity index (χ0v) is 22.2. The van der Waals surface area contributed by atoms with Crippen LogP contribution in [0.1, 0.15) is 43.2 Å². The van der Waals surface area contributed by atoms with E-state index in [9.17, 15) is 0 Å². The lowest BCUT2D eigenvalue weighted by atomic mass is 9.98. The predicted octanol–water partition coefficient (Wildman–Crippen LogP) is 6.33. The molecule has 1 N–H and O–H groups in total. The highest BCUT2D eigenvalue weighted by atomic mass is 35.5. The second kappa shape index (κ2) is 10.1. The van der Waals surface area contributed by atoms with Crippen LogP contribution >= 0.6 is 23.8 Å². The summed E-state index contributed by atoms with van der Waals surface area (Å²) in [6.07, 6.45) is 9.93. The van der Waals surface area contributed by atoms with E-state index in [0.29, 0.717) is 5.11 Å². The number of aromatic nitrogens is 3. The van der Waals surface area contributed by atoms with Gasteiger partial charge in [0, 0.05) is 43.1 Å². The van der Waals surface area contributed by atoms with Gasteiger partial charge in [-0.25, -0.2) is 0 Å². The Hall–Kier alpha value is -3.42. The van der Waals surface area contributed by atoms with Gasteiger partial charge in [-0.1, -0.05) is 24.6 Å². The molecular weight excluding hydrogens is 500 g/mol. The zero-order valence-electron chi connectivity index (χ0n) is 20.7. The molecule has 6 nitrogen and oxygen atoms in total. The van der Waals surface area contributed by atoms with Crippen molar-refractivity contribution in [2.24, 2.45) is 5.92 Å². The van der Waals surface area contributed by atoms with E-state index in [-0.39, 0.29) is 12.1 Å². The third-order valence-electron chi connectivity index (χ3n) is 7.44. The number of hydrogen-bond acceptors (Lipinski definition) is 4. The second-order valence-corrected chi connectivity index (χ2v) is 10.6. The molecule has 0 amide bonds. The Balaban J connectivity index is 1.42. The smallest absolute Gasteiger partial charge is 0.174 e. The van der Waals surface area contributed by atoms with Crippen LogP contribution in [0.25, 0.3) is 5.69 Å². The minimum Gasteiger partial charge on any atom is -0.370 e. The highest BCUT2D eigenvalue weighted by Gasteiger charge is 2.42. The topological polar surface area (TPSA) is 49.2 Å². The van der Waals surface area contributed by atoms with Crippen LogP contribution in [0.5, 0.6) is 0 Å². The molecule has 37 heavy (non-hydrogen) atoms. The SMILES string of the molecule is CC1CCN(c2ccc(N3C(=S)NC(c4ccccn4)C3c3cccn3-c3cccnc3)cc2Cl)CC1. The number of rotatable bonds is 5. The van der Waals surface area contributed by atoms with Gasteiger partial charge in [0.15, 0.2) is 5.11 Å². The van der Waals surface area contributed by atoms with Gasteiger partial charge in [0.25, 0.3) is 0 Å². The minimum absolute atomic E-state index is 0.138. The maximum Gasteiger partial charge on any atom is 0.174 e. The van der Waals surface area contributed by atoms with Crippen LogP contribution in [0.4, 0.5) is 11.4 Å². The van der Waals surface area contributed by atoms with Crippen molar-refractivity contribution in [3.63, 3.8) is 0 Å². The molecule has 2 atom stereocenters. The van der Waals surface area contributed by atoms with E-state index in [0.717, 1.165) is 52.5 Å². The van der Waals surface area contributed by atoms with E-state index < -0.39 is 0 Å². The third kappa shape index (κ3) is 4.58. The van der Waals surface area contributed by atoms with Gasteiger partial charge >= 0.3 is 0 Å². The van der Waals surface area contributed by atoms with E-state index in [1.54, 1.807) is 6.20 Å². The maximum atomic E-state index is 6.92. The summed E-state index contributed by atoms with van der Waals surface area (Å²) in [6.45, 7) is 4.39. The lowest BCUT2D eigenvalue weighted by Crippen LogP contribution is -2.33. The summed E-state index contributed by atoms with van der Waals surface area (Å²) in [6, 6.07) is 20.2. The fourth-order valence-corrected chi connectivity index (χ4v) is 6.09. The van der Waals surface area contributed by atoms with Gasteiger partial charge in [-0.05, 0) is 85.6 Å². The molecule has 0 aliphatic carbocycles. The van der Waals surface area contributed by atoms with Gasteiger partial charge in [0.2, 0.25) is 0 Å². The molecule has 3 aromatic heterocycles. The molecule has 5 heterocycles. The van der Waals surface area contributed by atoms with Gasteiger partial charge in [-0.3, -0.25) is 9.97 Å². The number of thiocarbonyl (C=S) groups is 1. The molecule has 0 spiro atoms. The highest BCUT2D eigenvalue weighted by molar-refractivity contribution is 7.80. The normalized spacial score (nSPS) is 20.3. The lowest BCUT2D eigenvalue weighted by Gasteiger charge is -2.33. The third-order valence-corrected chi connectivity index (χ3v) is 8.06. The first-order valence-electron chi connectivity index (χ1n) is 12.7. The van der Waals surface area contributed by atoms with Crippen LogP contribution in [0, 0.1) is 5.92 Å². The quantitative estimate of drug-likeness (QED) is 0.305. The molecule has 4 aromatic rings. The Morgan fingerprint density at radius 3 is 2.57 bits per heavy atom. The van der Waals surface area contributed by atoms with Crippen molar-refractivity contribution in [2.75, 3.05) is 22.9 Å². The van der Waals surface area contributed by atoms with Crippen LogP contribution < -0.4 is 15.1 Å². The Bertz CT molecular complexity index is 1380. The van der Waals surface area contributed by atoms with E-state index >= 15 is 0 Å². The molecule has 0 saturated carbocycles.